The third-order valence-corrected chi connectivity index (χ3v) is 8.28. The van der Waals surface area contributed by atoms with E-state index >= 15 is 17.6 Å². The van der Waals surface area contributed by atoms with Crippen LogP contribution in [0.3, 0.4) is 0 Å². The summed E-state index contributed by atoms with van der Waals surface area (Å²) in [6.07, 6.45) is -7.93. The van der Waals surface area contributed by atoms with Gasteiger partial charge >= 0.3 is 12.0 Å². The van der Waals surface area contributed by atoms with E-state index < -0.39 is 154 Å². The lowest BCUT2D eigenvalue weighted by Crippen LogP contribution is -2.27. The second-order valence-corrected chi connectivity index (χ2v) is 10.6. The third kappa shape index (κ3) is 4.79. The van der Waals surface area contributed by atoms with Crippen LogP contribution in [0.25, 0.3) is 20.8 Å². The number of hydrogen-bond acceptors (Lipinski definition) is 4. The van der Waals surface area contributed by atoms with E-state index in [0.717, 1.165) is 0 Å². The summed E-state index contributed by atoms with van der Waals surface area (Å²) in [5.41, 5.74) is -15.3. The minimum Gasteiger partial charge on any atom is -0.203 e. The Hall–Kier alpha value is -6.95. The molecule has 0 amide bonds. The third-order valence-electron chi connectivity index (χ3n) is 8.28. The average molecular weight is 708 g/mol. The van der Waals surface area contributed by atoms with E-state index in [1.54, 1.807) is 12.1 Å². The number of allylic oxidation sites excluding steroid dienone is 3. The first-order chi connectivity index (χ1) is 24.0. The molecule has 0 bridgehead atoms. The van der Waals surface area contributed by atoms with E-state index in [0.29, 0.717) is 6.92 Å². The minimum atomic E-state index is -5.99. The molecule has 0 spiro atoms. The van der Waals surface area contributed by atoms with Gasteiger partial charge in [0.05, 0.1) is 27.8 Å². The van der Waals surface area contributed by atoms with Crippen LogP contribution in [0.4, 0.5) is 48.3 Å². The molecule has 0 fully saturated rings. The Balaban J connectivity index is 2.20. The molecule has 3 aromatic carbocycles. The van der Waals surface area contributed by atoms with Crippen LogP contribution < -0.4 is 10.4 Å². The van der Waals surface area contributed by atoms with Crippen molar-refractivity contribution in [3.8, 4) is 24.3 Å². The van der Waals surface area contributed by atoms with Crippen molar-refractivity contribution in [2.75, 3.05) is 0 Å². The van der Waals surface area contributed by atoms with Crippen molar-refractivity contribution in [1.29, 1.82) is 21.0 Å². The fourth-order valence-corrected chi connectivity index (χ4v) is 6.17. The molecule has 5 rings (SSSR count). The molecule has 2 aliphatic rings. The first-order valence-electron chi connectivity index (χ1n) is 13.5. The first kappa shape index (κ1) is 35.4. The van der Waals surface area contributed by atoms with Gasteiger partial charge in [0.25, 0.3) is 0 Å². The normalized spacial score (nSPS) is 13.1. The molecule has 0 atom stereocenters. The van der Waals surface area contributed by atoms with Gasteiger partial charge in [0.1, 0.15) is 48.6 Å². The van der Waals surface area contributed by atoms with Gasteiger partial charge in [-0.05, 0) is 35.6 Å². The molecule has 17 heteroatoms. The zero-order chi connectivity index (χ0) is 38.0. The van der Waals surface area contributed by atoms with Crippen LogP contribution in [0.15, 0.2) is 22.5 Å². The number of nitrogens with zero attached hydrogens (tertiary/aromatic N) is 6. The lowest BCUT2D eigenvalue weighted by Gasteiger charge is -2.16. The molecular weight excluding hydrogens is 701 g/mol. The molecule has 0 heterocycles. The van der Waals surface area contributed by atoms with Gasteiger partial charge in [-0.15, -0.1) is 0 Å². The quantitative estimate of drug-likeness (QED) is 0.127. The van der Waals surface area contributed by atoms with E-state index in [-0.39, 0.29) is 0 Å². The Morgan fingerprint density at radius 2 is 0.980 bits per heavy atom. The number of fused-ring (bicyclic) bond motifs is 2. The van der Waals surface area contributed by atoms with Crippen molar-refractivity contribution in [3.63, 3.8) is 0 Å². The first-order valence-corrected chi connectivity index (χ1v) is 13.5. The summed E-state index contributed by atoms with van der Waals surface area (Å²) < 4.78 is 162. The second-order valence-electron chi connectivity index (χ2n) is 10.6. The predicted molar refractivity (Wildman–Crippen MR) is 148 cm³/mol. The van der Waals surface area contributed by atoms with E-state index in [4.69, 9.17) is 13.1 Å². The van der Waals surface area contributed by atoms with E-state index in [1.807, 2.05) is 0 Å². The SMILES string of the molecule is [C-]#[N+]C([N+]#[C-])=C1Cc2c(C#N)c3c(c(C#N)c2=C1c1c(F)c(F)c(C)c(F)c1F)CC(=C(C#N)C#N)C=3c1c(F)c(F)c(C(F)(F)F)c(F)c1F. The highest BCUT2D eigenvalue weighted by atomic mass is 19.4. The Labute approximate surface area is 277 Å². The summed E-state index contributed by atoms with van der Waals surface area (Å²) in [6.45, 7) is 15.5. The predicted octanol–water partition coefficient (Wildman–Crippen LogP) is 6.77. The van der Waals surface area contributed by atoms with Gasteiger partial charge in [-0.25, -0.2) is 35.1 Å². The summed E-state index contributed by atoms with van der Waals surface area (Å²) in [5, 5.41) is 38.4. The Morgan fingerprint density at radius 3 is 1.33 bits per heavy atom. The molecule has 0 saturated heterocycles. The molecule has 0 aromatic heterocycles. The van der Waals surface area contributed by atoms with Crippen LogP contribution in [0.5, 0.6) is 0 Å². The smallest absolute Gasteiger partial charge is 0.203 e. The molecule has 0 N–H and O–H groups in total. The van der Waals surface area contributed by atoms with Crippen molar-refractivity contribution < 1.29 is 48.3 Å². The van der Waals surface area contributed by atoms with Crippen molar-refractivity contribution >= 4 is 11.1 Å². The van der Waals surface area contributed by atoms with E-state index in [2.05, 4.69) is 9.69 Å². The number of rotatable bonds is 2. The van der Waals surface area contributed by atoms with E-state index in [1.165, 1.54) is 12.1 Å². The molecule has 51 heavy (non-hydrogen) atoms. The largest absolute Gasteiger partial charge is 0.523 e. The van der Waals surface area contributed by atoms with Gasteiger partial charge in [-0.3, -0.25) is 0 Å². The van der Waals surface area contributed by atoms with Crippen molar-refractivity contribution in [1.82, 2.24) is 0 Å². The van der Waals surface area contributed by atoms with Gasteiger partial charge in [-0.1, -0.05) is 0 Å². The van der Waals surface area contributed by atoms with E-state index in [9.17, 15) is 51.8 Å². The molecule has 2 aliphatic carbocycles. The Kier molecular flexibility index (Phi) is 8.45. The second kappa shape index (κ2) is 12.2. The highest BCUT2D eigenvalue weighted by molar-refractivity contribution is 5.92. The summed E-state index contributed by atoms with van der Waals surface area (Å²) >= 11 is 0. The maximum Gasteiger partial charge on any atom is 0.523 e. The van der Waals surface area contributed by atoms with Crippen molar-refractivity contribution in [2.24, 2.45) is 0 Å². The molecule has 0 saturated carbocycles. The molecule has 250 valence electrons. The summed E-state index contributed by atoms with van der Waals surface area (Å²) in [6, 6.07) is 5.78. The lowest BCUT2D eigenvalue weighted by molar-refractivity contribution is -0.143. The molecule has 0 unspecified atom stereocenters. The number of hydrogen-bond donors (Lipinski definition) is 0. The average Bonchev–Trinajstić information content (AvgIpc) is 3.65. The van der Waals surface area contributed by atoms with Crippen LogP contribution in [0.2, 0.25) is 0 Å². The number of alkyl halides is 3. The summed E-state index contributed by atoms with van der Waals surface area (Å²) in [4.78, 5) is 5.89. The fourth-order valence-electron chi connectivity index (χ4n) is 6.17. The molecule has 0 radical (unpaired) electrons. The number of nitriles is 4. The van der Waals surface area contributed by atoms with Gasteiger partial charge in [0.2, 0.25) is 0 Å². The maximum absolute atomic E-state index is 15.6. The van der Waals surface area contributed by atoms with Crippen LogP contribution in [-0.2, 0) is 19.0 Å². The van der Waals surface area contributed by atoms with Crippen LogP contribution in [0, 0.1) is 112 Å². The highest BCUT2D eigenvalue weighted by Gasteiger charge is 2.45. The molecular formula is C34H7F11N6. The summed E-state index contributed by atoms with van der Waals surface area (Å²) in [7, 11) is 0. The molecule has 6 nitrogen and oxygen atoms in total. The maximum atomic E-state index is 15.6. The van der Waals surface area contributed by atoms with Crippen LogP contribution in [-0.4, -0.2) is 0 Å². The highest BCUT2D eigenvalue weighted by Crippen LogP contribution is 2.43. The van der Waals surface area contributed by atoms with Gasteiger partial charge in [-0.2, -0.15) is 43.9 Å². The van der Waals surface area contributed by atoms with Crippen molar-refractivity contribution in [3.05, 3.63) is 147 Å². The lowest BCUT2D eigenvalue weighted by atomic mass is 9.91. The van der Waals surface area contributed by atoms with Gasteiger partial charge in [0, 0.05) is 28.0 Å². The van der Waals surface area contributed by atoms with Crippen molar-refractivity contribution in [2.45, 2.75) is 25.9 Å². The van der Waals surface area contributed by atoms with Gasteiger partial charge < -0.3 is 0 Å². The zero-order valence-electron chi connectivity index (χ0n) is 24.8. The Morgan fingerprint density at radius 1 is 0.608 bits per heavy atom. The van der Waals surface area contributed by atoms with Gasteiger partial charge in [0.15, 0.2) is 46.5 Å². The zero-order valence-corrected chi connectivity index (χ0v) is 24.8. The topological polar surface area (TPSA) is 104 Å². The van der Waals surface area contributed by atoms with Crippen LogP contribution in [0.1, 0.15) is 44.5 Å². The number of halogens is 11. The minimum absolute atomic E-state index is 0.592. The molecule has 0 aliphatic heterocycles. The monoisotopic (exact) mass is 708 g/mol. The fraction of sp³-hybridized carbons (Fsp3) is 0.118. The Bertz CT molecular complexity index is 2590. The standard InChI is InChI=1S/C34H7F11N6/c1-10-25(35)27(37)23(28(38)26(10)36)21-15(33(50-2)51-3)5-14-17(9-49)18-13(16(8-48)19(14)21)4-12(11(6-46)7-47)20(18)22-29(39)31(41)24(34(43,44)45)32(42)30(22)40/h4-5H2,1H3. The summed E-state index contributed by atoms with van der Waals surface area (Å²) in [5.74, 6) is -20.3. The number of benzene rings is 3. The molecule has 3 aromatic rings. The van der Waals surface area contributed by atoms with Crippen LogP contribution >= 0.6 is 0 Å².